The van der Waals surface area contributed by atoms with Gasteiger partial charge in [0.05, 0.1) is 13.2 Å². The van der Waals surface area contributed by atoms with Crippen molar-refractivity contribution in [3.8, 4) is 11.5 Å². The summed E-state index contributed by atoms with van der Waals surface area (Å²) in [5, 5.41) is 11.0. The lowest BCUT2D eigenvalue weighted by atomic mass is 9.86. The molecule has 2 aromatic carbocycles. The van der Waals surface area contributed by atoms with E-state index in [1.54, 1.807) is 0 Å². The Hall–Kier alpha value is -2.04. The highest BCUT2D eigenvalue weighted by molar-refractivity contribution is 5.41. The standard InChI is InChI=1S/C18H23NO3/c1-3-21-16-9-5-14(6-10-16)18(20,13-19)15-7-11-17(12-8-15)22-4-2/h5-12,20H,3-4,13,19H2,1-2H3. The molecule has 118 valence electrons. The normalized spacial score (nSPS) is 11.3. The number of hydrogen-bond donors (Lipinski definition) is 2. The van der Waals surface area contributed by atoms with Gasteiger partial charge < -0.3 is 20.3 Å². The van der Waals surface area contributed by atoms with Gasteiger partial charge in [-0.25, -0.2) is 0 Å². The molecule has 0 bridgehead atoms. The van der Waals surface area contributed by atoms with Crippen molar-refractivity contribution in [1.82, 2.24) is 0 Å². The number of nitrogens with two attached hydrogens (primary N) is 1. The van der Waals surface area contributed by atoms with Gasteiger partial charge in [0.15, 0.2) is 0 Å². The van der Waals surface area contributed by atoms with Gasteiger partial charge in [0, 0.05) is 6.54 Å². The third kappa shape index (κ3) is 3.40. The highest BCUT2D eigenvalue weighted by Gasteiger charge is 2.30. The van der Waals surface area contributed by atoms with Crippen LogP contribution in [0.15, 0.2) is 48.5 Å². The van der Waals surface area contributed by atoms with Gasteiger partial charge in [0.25, 0.3) is 0 Å². The van der Waals surface area contributed by atoms with Gasteiger partial charge in [0.2, 0.25) is 0 Å². The van der Waals surface area contributed by atoms with Crippen LogP contribution in [-0.2, 0) is 5.60 Å². The van der Waals surface area contributed by atoms with Gasteiger partial charge >= 0.3 is 0 Å². The molecular weight excluding hydrogens is 278 g/mol. The average molecular weight is 301 g/mol. The summed E-state index contributed by atoms with van der Waals surface area (Å²) in [7, 11) is 0. The Kier molecular flexibility index (Phi) is 5.41. The smallest absolute Gasteiger partial charge is 0.127 e. The van der Waals surface area contributed by atoms with Crippen molar-refractivity contribution < 1.29 is 14.6 Å². The van der Waals surface area contributed by atoms with E-state index in [4.69, 9.17) is 15.2 Å². The van der Waals surface area contributed by atoms with E-state index in [9.17, 15) is 5.11 Å². The lowest BCUT2D eigenvalue weighted by Gasteiger charge is -2.28. The molecule has 2 rings (SSSR count). The summed E-state index contributed by atoms with van der Waals surface area (Å²) in [5.41, 5.74) is 6.10. The fourth-order valence-corrected chi connectivity index (χ4v) is 2.39. The van der Waals surface area contributed by atoms with Crippen LogP contribution in [0.25, 0.3) is 0 Å². The van der Waals surface area contributed by atoms with Crippen LogP contribution in [0.2, 0.25) is 0 Å². The largest absolute Gasteiger partial charge is 0.494 e. The quantitative estimate of drug-likeness (QED) is 0.825. The van der Waals surface area contributed by atoms with Crippen molar-refractivity contribution >= 4 is 0 Å². The molecule has 4 heteroatoms. The van der Waals surface area contributed by atoms with Crippen molar-refractivity contribution in [2.45, 2.75) is 19.4 Å². The zero-order chi connectivity index (χ0) is 16.0. The molecule has 0 aliphatic heterocycles. The van der Waals surface area contributed by atoms with Crippen molar-refractivity contribution in [3.63, 3.8) is 0 Å². The van der Waals surface area contributed by atoms with E-state index in [0.29, 0.717) is 13.2 Å². The maximum atomic E-state index is 11.0. The fraction of sp³-hybridized carbons (Fsp3) is 0.333. The van der Waals surface area contributed by atoms with E-state index < -0.39 is 5.60 Å². The first-order valence-electron chi connectivity index (χ1n) is 7.53. The van der Waals surface area contributed by atoms with Crippen LogP contribution in [0.4, 0.5) is 0 Å². The Bertz CT molecular complexity index is 529. The molecule has 4 nitrogen and oxygen atoms in total. The van der Waals surface area contributed by atoms with Crippen molar-refractivity contribution in [2.24, 2.45) is 5.73 Å². The van der Waals surface area contributed by atoms with Crippen LogP contribution in [0.1, 0.15) is 25.0 Å². The Balaban J connectivity index is 2.30. The number of hydrogen-bond acceptors (Lipinski definition) is 4. The average Bonchev–Trinajstić information content (AvgIpc) is 2.56. The highest BCUT2D eigenvalue weighted by Crippen LogP contribution is 2.31. The molecule has 0 unspecified atom stereocenters. The number of aliphatic hydroxyl groups is 1. The molecule has 0 fully saturated rings. The number of rotatable bonds is 7. The zero-order valence-electron chi connectivity index (χ0n) is 13.1. The molecule has 22 heavy (non-hydrogen) atoms. The molecule has 0 spiro atoms. The van der Waals surface area contributed by atoms with Gasteiger partial charge in [-0.2, -0.15) is 0 Å². The molecule has 0 saturated carbocycles. The minimum absolute atomic E-state index is 0.0922. The number of benzene rings is 2. The van der Waals surface area contributed by atoms with Crippen LogP contribution < -0.4 is 15.2 Å². The maximum Gasteiger partial charge on any atom is 0.127 e. The number of ether oxygens (including phenoxy) is 2. The van der Waals surface area contributed by atoms with Crippen molar-refractivity contribution in [3.05, 3.63) is 59.7 Å². The first kappa shape index (κ1) is 16.3. The molecule has 2 aromatic rings. The summed E-state index contributed by atoms with van der Waals surface area (Å²) in [6, 6.07) is 14.7. The SMILES string of the molecule is CCOc1ccc(C(O)(CN)c2ccc(OCC)cc2)cc1. The van der Waals surface area contributed by atoms with Gasteiger partial charge in [-0.15, -0.1) is 0 Å². The molecule has 0 heterocycles. The van der Waals surface area contributed by atoms with E-state index >= 15 is 0 Å². The Morgan fingerprint density at radius 1 is 0.818 bits per heavy atom. The predicted octanol–water partition coefficient (Wildman–Crippen LogP) is 2.68. The summed E-state index contributed by atoms with van der Waals surface area (Å²) in [5.74, 6) is 1.55. The third-order valence-corrected chi connectivity index (χ3v) is 3.58. The van der Waals surface area contributed by atoms with Crippen molar-refractivity contribution in [2.75, 3.05) is 19.8 Å². The molecule has 0 radical (unpaired) electrons. The fourth-order valence-electron chi connectivity index (χ4n) is 2.39. The van der Waals surface area contributed by atoms with Gasteiger partial charge in [-0.05, 0) is 49.2 Å². The van der Waals surface area contributed by atoms with E-state index in [-0.39, 0.29) is 6.54 Å². The molecule has 0 atom stereocenters. The minimum atomic E-state index is -1.23. The summed E-state index contributed by atoms with van der Waals surface area (Å²) in [6.45, 7) is 5.18. The first-order chi connectivity index (χ1) is 10.6. The molecule has 3 N–H and O–H groups in total. The molecular formula is C18H23NO3. The minimum Gasteiger partial charge on any atom is -0.494 e. The van der Waals surface area contributed by atoms with Crippen LogP contribution in [-0.4, -0.2) is 24.9 Å². The van der Waals surface area contributed by atoms with Gasteiger partial charge in [-0.3, -0.25) is 0 Å². The van der Waals surface area contributed by atoms with Crippen LogP contribution >= 0.6 is 0 Å². The van der Waals surface area contributed by atoms with Crippen LogP contribution in [0.3, 0.4) is 0 Å². The van der Waals surface area contributed by atoms with E-state index in [1.807, 2.05) is 62.4 Å². The van der Waals surface area contributed by atoms with Crippen LogP contribution in [0.5, 0.6) is 11.5 Å². The topological polar surface area (TPSA) is 64.7 Å². The summed E-state index contributed by atoms with van der Waals surface area (Å²) in [4.78, 5) is 0. The monoisotopic (exact) mass is 301 g/mol. The summed E-state index contributed by atoms with van der Waals surface area (Å²) in [6.07, 6.45) is 0. The van der Waals surface area contributed by atoms with Gasteiger partial charge in [-0.1, -0.05) is 24.3 Å². The Morgan fingerprint density at radius 2 is 1.18 bits per heavy atom. The Labute approximate surface area is 131 Å². The Morgan fingerprint density at radius 3 is 1.45 bits per heavy atom. The second-order valence-corrected chi connectivity index (χ2v) is 4.98. The summed E-state index contributed by atoms with van der Waals surface area (Å²) < 4.78 is 10.9. The first-order valence-corrected chi connectivity index (χ1v) is 7.53. The second kappa shape index (κ2) is 7.29. The lowest BCUT2D eigenvalue weighted by Crippen LogP contribution is -2.36. The third-order valence-electron chi connectivity index (χ3n) is 3.58. The molecule has 0 saturated heterocycles. The van der Waals surface area contributed by atoms with E-state index in [0.717, 1.165) is 22.6 Å². The van der Waals surface area contributed by atoms with Crippen molar-refractivity contribution in [1.29, 1.82) is 0 Å². The molecule has 0 aliphatic carbocycles. The maximum absolute atomic E-state index is 11.0. The lowest BCUT2D eigenvalue weighted by molar-refractivity contribution is 0.0901. The molecule has 0 aliphatic rings. The predicted molar refractivity (Wildman–Crippen MR) is 87.3 cm³/mol. The zero-order valence-corrected chi connectivity index (χ0v) is 13.1. The van der Waals surface area contributed by atoms with Gasteiger partial charge in [0.1, 0.15) is 17.1 Å². The van der Waals surface area contributed by atoms with E-state index in [2.05, 4.69) is 0 Å². The van der Waals surface area contributed by atoms with E-state index in [1.165, 1.54) is 0 Å². The molecule has 0 aromatic heterocycles. The second-order valence-electron chi connectivity index (χ2n) is 4.98. The highest BCUT2D eigenvalue weighted by atomic mass is 16.5. The molecule has 0 amide bonds. The summed E-state index contributed by atoms with van der Waals surface area (Å²) >= 11 is 0. The van der Waals surface area contributed by atoms with Crippen LogP contribution in [0, 0.1) is 0 Å².